The third kappa shape index (κ3) is 5.59. The van der Waals surface area contributed by atoms with Gasteiger partial charge in [0.1, 0.15) is 5.76 Å². The summed E-state index contributed by atoms with van der Waals surface area (Å²) in [5.74, 6) is -1.40. The first-order chi connectivity index (χ1) is 13.1. The number of carbonyl (C=O) groups excluding carboxylic acids is 1. The number of halogens is 3. The van der Waals surface area contributed by atoms with Crippen LogP contribution in [-0.2, 0) is 25.5 Å². The van der Waals surface area contributed by atoms with Gasteiger partial charge in [0, 0.05) is 6.54 Å². The SMILES string of the molecule is C/C(OS(=O)(=O)C(F)(F)F)=C(\C(=O)NCCc1ccccc1)c1ccccc1. The summed E-state index contributed by atoms with van der Waals surface area (Å²) in [4.78, 5) is 12.6. The first-order valence-electron chi connectivity index (χ1n) is 8.21. The van der Waals surface area contributed by atoms with Gasteiger partial charge in [-0.2, -0.15) is 21.6 Å². The topological polar surface area (TPSA) is 72.5 Å². The van der Waals surface area contributed by atoms with E-state index in [0.717, 1.165) is 12.5 Å². The molecule has 2 aromatic carbocycles. The Hall–Kier alpha value is -2.81. The van der Waals surface area contributed by atoms with E-state index in [1.165, 1.54) is 12.1 Å². The third-order valence-electron chi connectivity index (χ3n) is 3.70. The van der Waals surface area contributed by atoms with E-state index < -0.39 is 27.3 Å². The molecule has 0 fully saturated rings. The molecule has 1 N–H and O–H groups in total. The average Bonchev–Trinajstić information content (AvgIpc) is 2.62. The molecule has 5 nitrogen and oxygen atoms in total. The van der Waals surface area contributed by atoms with Gasteiger partial charge in [0.05, 0.1) is 5.57 Å². The monoisotopic (exact) mass is 413 g/mol. The van der Waals surface area contributed by atoms with E-state index in [-0.39, 0.29) is 17.7 Å². The van der Waals surface area contributed by atoms with Crippen molar-refractivity contribution in [3.63, 3.8) is 0 Å². The maximum Gasteiger partial charge on any atom is 0.534 e. The highest BCUT2D eigenvalue weighted by molar-refractivity contribution is 7.87. The second-order valence-electron chi connectivity index (χ2n) is 5.77. The fourth-order valence-electron chi connectivity index (χ4n) is 2.41. The highest BCUT2D eigenvalue weighted by Crippen LogP contribution is 2.29. The summed E-state index contributed by atoms with van der Waals surface area (Å²) in [6.07, 6.45) is 0.495. The minimum Gasteiger partial charge on any atom is -0.380 e. The lowest BCUT2D eigenvalue weighted by Gasteiger charge is -2.15. The summed E-state index contributed by atoms with van der Waals surface area (Å²) in [6.45, 7) is 1.21. The molecule has 0 bridgehead atoms. The van der Waals surface area contributed by atoms with E-state index in [0.29, 0.717) is 6.42 Å². The minimum absolute atomic E-state index is 0.207. The zero-order valence-corrected chi connectivity index (χ0v) is 15.7. The van der Waals surface area contributed by atoms with Gasteiger partial charge in [-0.15, -0.1) is 0 Å². The summed E-state index contributed by atoms with van der Waals surface area (Å²) in [7, 11) is -5.88. The van der Waals surface area contributed by atoms with Crippen molar-refractivity contribution in [1.29, 1.82) is 0 Å². The van der Waals surface area contributed by atoms with E-state index >= 15 is 0 Å². The first-order valence-corrected chi connectivity index (χ1v) is 9.62. The van der Waals surface area contributed by atoms with Crippen molar-refractivity contribution < 1.29 is 30.6 Å². The molecule has 0 unspecified atom stereocenters. The van der Waals surface area contributed by atoms with Gasteiger partial charge < -0.3 is 9.50 Å². The number of nitrogens with one attached hydrogen (secondary N) is 1. The van der Waals surface area contributed by atoms with Crippen LogP contribution in [0.25, 0.3) is 5.57 Å². The Morgan fingerprint density at radius 1 is 1.00 bits per heavy atom. The predicted molar refractivity (Wildman–Crippen MR) is 98.3 cm³/mol. The Kier molecular flexibility index (Phi) is 6.85. The highest BCUT2D eigenvalue weighted by Gasteiger charge is 2.48. The van der Waals surface area contributed by atoms with Crippen molar-refractivity contribution in [2.75, 3.05) is 6.54 Å². The zero-order chi connectivity index (χ0) is 20.8. The molecule has 0 aromatic heterocycles. The molecule has 150 valence electrons. The van der Waals surface area contributed by atoms with Crippen molar-refractivity contribution in [3.8, 4) is 0 Å². The summed E-state index contributed by atoms with van der Waals surface area (Å²) in [5.41, 5.74) is -4.70. The molecule has 0 aliphatic rings. The van der Waals surface area contributed by atoms with Crippen molar-refractivity contribution in [3.05, 3.63) is 77.5 Å². The first kappa shape index (κ1) is 21.5. The number of hydrogen-bond acceptors (Lipinski definition) is 4. The molecule has 0 aliphatic carbocycles. The molecule has 9 heteroatoms. The van der Waals surface area contributed by atoms with Crippen LogP contribution in [0, 0.1) is 0 Å². The fourth-order valence-corrected chi connectivity index (χ4v) is 2.91. The summed E-state index contributed by atoms with van der Waals surface area (Å²) >= 11 is 0. The molecule has 0 atom stereocenters. The van der Waals surface area contributed by atoms with Gasteiger partial charge in [-0.3, -0.25) is 4.79 Å². The molecular weight excluding hydrogens is 395 g/mol. The van der Waals surface area contributed by atoms with Crippen LogP contribution < -0.4 is 5.32 Å². The maximum absolute atomic E-state index is 12.6. The number of amides is 1. The highest BCUT2D eigenvalue weighted by atomic mass is 32.2. The number of carbonyl (C=O) groups is 1. The average molecular weight is 413 g/mol. The Morgan fingerprint density at radius 2 is 1.54 bits per heavy atom. The van der Waals surface area contributed by atoms with Gasteiger partial charge in [0.15, 0.2) is 0 Å². The maximum atomic E-state index is 12.6. The van der Waals surface area contributed by atoms with Gasteiger partial charge in [-0.1, -0.05) is 60.7 Å². The molecule has 0 aliphatic heterocycles. The summed E-state index contributed by atoms with van der Waals surface area (Å²) < 4.78 is 64.6. The minimum atomic E-state index is -5.88. The lowest BCUT2D eigenvalue weighted by atomic mass is 10.0. The number of allylic oxidation sites excluding steroid dienone is 1. The van der Waals surface area contributed by atoms with Gasteiger partial charge in [0.25, 0.3) is 5.91 Å². The van der Waals surface area contributed by atoms with Crippen LogP contribution in [0.5, 0.6) is 0 Å². The number of hydrogen-bond donors (Lipinski definition) is 1. The Balaban J connectivity index is 2.25. The molecule has 0 radical (unpaired) electrons. The van der Waals surface area contributed by atoms with Gasteiger partial charge >= 0.3 is 15.6 Å². The normalized spacial score (nSPS) is 12.9. The van der Waals surface area contributed by atoms with E-state index in [1.807, 2.05) is 30.3 Å². The van der Waals surface area contributed by atoms with E-state index in [2.05, 4.69) is 9.50 Å². The molecule has 2 aromatic rings. The molecule has 1 amide bonds. The van der Waals surface area contributed by atoms with Crippen LogP contribution in [0.3, 0.4) is 0 Å². The van der Waals surface area contributed by atoms with E-state index in [1.54, 1.807) is 18.2 Å². The second-order valence-corrected chi connectivity index (χ2v) is 7.31. The van der Waals surface area contributed by atoms with Gasteiger partial charge in [-0.25, -0.2) is 0 Å². The van der Waals surface area contributed by atoms with Crippen LogP contribution in [0.4, 0.5) is 13.2 Å². The molecule has 0 saturated carbocycles. The molecular formula is C19H18F3NO4S. The Morgan fingerprint density at radius 3 is 2.07 bits per heavy atom. The largest absolute Gasteiger partial charge is 0.534 e. The lowest BCUT2D eigenvalue weighted by molar-refractivity contribution is -0.115. The third-order valence-corrected chi connectivity index (χ3v) is 4.74. The quantitative estimate of drug-likeness (QED) is 0.326. The van der Waals surface area contributed by atoms with Crippen LogP contribution in [0.2, 0.25) is 0 Å². The lowest BCUT2D eigenvalue weighted by Crippen LogP contribution is -2.29. The standard InChI is InChI=1S/C19H18F3NO4S/c1-14(27-28(25,26)19(20,21)22)17(16-10-6-3-7-11-16)18(24)23-13-12-15-8-4-2-5-9-15/h2-11H,12-13H2,1H3,(H,23,24)/b17-14+. The molecule has 28 heavy (non-hydrogen) atoms. The Bertz CT molecular complexity index is 940. The number of benzene rings is 2. The van der Waals surface area contributed by atoms with Crippen LogP contribution >= 0.6 is 0 Å². The van der Waals surface area contributed by atoms with E-state index in [9.17, 15) is 26.4 Å². The fraction of sp³-hybridized carbons (Fsp3) is 0.211. The van der Waals surface area contributed by atoms with Crippen LogP contribution in [0.1, 0.15) is 18.1 Å². The zero-order valence-electron chi connectivity index (χ0n) is 14.9. The molecule has 2 rings (SSSR count). The van der Waals surface area contributed by atoms with Crippen LogP contribution in [0.15, 0.2) is 66.4 Å². The predicted octanol–water partition coefficient (Wildman–Crippen LogP) is 3.64. The molecule has 0 heterocycles. The molecule has 0 saturated heterocycles. The Labute approximate surface area is 161 Å². The second kappa shape index (κ2) is 8.92. The molecule has 0 spiro atoms. The van der Waals surface area contributed by atoms with Gasteiger partial charge in [-0.05, 0) is 24.5 Å². The number of rotatable bonds is 7. The van der Waals surface area contributed by atoms with E-state index in [4.69, 9.17) is 0 Å². The summed E-state index contributed by atoms with van der Waals surface area (Å²) in [5, 5.41) is 2.58. The van der Waals surface area contributed by atoms with Gasteiger partial charge in [0.2, 0.25) is 0 Å². The van der Waals surface area contributed by atoms with Crippen molar-refractivity contribution in [2.24, 2.45) is 0 Å². The number of alkyl halides is 3. The van der Waals surface area contributed by atoms with Crippen molar-refractivity contribution in [2.45, 2.75) is 18.9 Å². The van der Waals surface area contributed by atoms with Crippen molar-refractivity contribution in [1.82, 2.24) is 5.32 Å². The smallest absolute Gasteiger partial charge is 0.380 e. The van der Waals surface area contributed by atoms with Crippen LogP contribution in [-0.4, -0.2) is 26.4 Å². The van der Waals surface area contributed by atoms with Crippen molar-refractivity contribution >= 4 is 21.6 Å². The summed E-state index contributed by atoms with van der Waals surface area (Å²) in [6, 6.07) is 17.0.